The second kappa shape index (κ2) is 15.3. The molecule has 5 aliphatic rings. The van der Waals surface area contributed by atoms with Gasteiger partial charge in [-0.15, -0.1) is 0 Å². The molecule has 342 valence electrons. The van der Waals surface area contributed by atoms with Crippen molar-refractivity contribution in [3.63, 3.8) is 0 Å². The highest BCUT2D eigenvalue weighted by atomic mass is 15.1. The summed E-state index contributed by atoms with van der Waals surface area (Å²) in [5.41, 5.74) is 21.2. The summed E-state index contributed by atoms with van der Waals surface area (Å²) in [6, 6.07) is 82.8. The first-order valence-corrected chi connectivity index (χ1v) is 26.3. The SMILES string of the molecule is CC1(C)c2ccccc2-c2ccc(N(c3ccccc3-c3ccc4ccccc4c3)c3ccc(-c4ccc(-c5ccc(C67CC8CC9CC(C6)C9(C8)C7)cc5)cc4)cc3-c3cccc4ccccc34)cc21. The molecule has 0 aromatic heterocycles. The first kappa shape index (κ1) is 41.3. The highest BCUT2D eigenvalue weighted by molar-refractivity contribution is 6.04. The van der Waals surface area contributed by atoms with Gasteiger partial charge in [-0.2, -0.15) is 0 Å². The van der Waals surface area contributed by atoms with Crippen LogP contribution in [0.1, 0.15) is 69.1 Å². The number of hydrogen-bond acceptors (Lipinski definition) is 1. The lowest BCUT2D eigenvalue weighted by Gasteiger charge is -2.49. The Kier molecular flexibility index (Phi) is 8.88. The zero-order valence-corrected chi connectivity index (χ0v) is 40.7. The number of rotatable bonds is 8. The second-order valence-electron chi connectivity index (χ2n) is 22.8. The average molecular weight is 912 g/mol. The van der Waals surface area contributed by atoms with Crippen molar-refractivity contribution in [2.45, 2.75) is 63.2 Å². The van der Waals surface area contributed by atoms with E-state index in [4.69, 9.17) is 0 Å². The summed E-state index contributed by atoms with van der Waals surface area (Å²) in [7, 11) is 0. The number of nitrogens with zero attached hydrogens (tertiary/aromatic N) is 1. The largest absolute Gasteiger partial charge is 0.309 e. The Morgan fingerprint density at radius 1 is 0.394 bits per heavy atom. The van der Waals surface area contributed by atoms with Crippen LogP contribution in [0, 0.1) is 23.2 Å². The van der Waals surface area contributed by atoms with Crippen molar-refractivity contribution >= 4 is 38.6 Å². The summed E-state index contributed by atoms with van der Waals surface area (Å²) in [4.78, 5) is 2.55. The van der Waals surface area contributed by atoms with Gasteiger partial charge in [0.05, 0.1) is 11.4 Å². The van der Waals surface area contributed by atoms with Gasteiger partial charge in [0, 0.05) is 22.2 Å². The summed E-state index contributed by atoms with van der Waals surface area (Å²) in [6.07, 6.45) is 8.86. The van der Waals surface area contributed by atoms with Crippen molar-refractivity contribution in [2.24, 2.45) is 23.2 Å². The molecule has 1 nitrogen and oxygen atoms in total. The van der Waals surface area contributed by atoms with Gasteiger partial charge in [-0.1, -0.05) is 196 Å². The van der Waals surface area contributed by atoms with E-state index in [2.05, 4.69) is 237 Å². The van der Waals surface area contributed by atoms with Gasteiger partial charge >= 0.3 is 0 Å². The summed E-state index contributed by atoms with van der Waals surface area (Å²) in [5, 5.41) is 4.96. The molecule has 10 aromatic rings. The standard InChI is InChI=1S/C70H57N/c1-68(2)64-20-9-7-18-61(64)62-34-33-57(40-65(62)68)71(66-21-10-8-17-59(66)53-27-26-46-12-3-4-14-51(46)37-53)67-35-30-52(38-63(67)60-19-11-15-50-13-5-6-16-58(50)60)49-24-22-47(23-25-49)48-28-31-54(32-29-48)69-41-45-36-55-39-56(43-69)70(55,42-45)44-69/h3-35,37-38,40,45,55-56H,36,39,41-44H2,1-2H3. The van der Waals surface area contributed by atoms with Crippen LogP contribution >= 0.6 is 0 Å². The zero-order valence-electron chi connectivity index (χ0n) is 40.7. The third kappa shape index (κ3) is 6.18. The minimum absolute atomic E-state index is 0.156. The third-order valence-corrected chi connectivity index (χ3v) is 18.9. The van der Waals surface area contributed by atoms with Gasteiger partial charge in [0.25, 0.3) is 0 Å². The summed E-state index contributed by atoms with van der Waals surface area (Å²) < 4.78 is 0. The molecule has 4 fully saturated rings. The Balaban J connectivity index is 0.870. The molecule has 10 aromatic carbocycles. The quantitative estimate of drug-likeness (QED) is 0.147. The maximum atomic E-state index is 2.55. The van der Waals surface area contributed by atoms with E-state index >= 15 is 0 Å². The van der Waals surface area contributed by atoms with Crippen LogP contribution in [0.15, 0.2) is 218 Å². The highest BCUT2D eigenvalue weighted by Gasteiger charge is 2.70. The van der Waals surface area contributed by atoms with Gasteiger partial charge < -0.3 is 4.90 Å². The number of hydrogen-bond donors (Lipinski definition) is 0. The van der Waals surface area contributed by atoms with E-state index in [0.29, 0.717) is 10.8 Å². The van der Waals surface area contributed by atoms with Crippen molar-refractivity contribution in [3.8, 4) is 55.6 Å². The van der Waals surface area contributed by atoms with Crippen molar-refractivity contribution in [1.29, 1.82) is 0 Å². The number of anilines is 3. The lowest BCUT2D eigenvalue weighted by Crippen LogP contribution is -2.42. The predicted molar refractivity (Wildman–Crippen MR) is 298 cm³/mol. The van der Waals surface area contributed by atoms with Crippen LogP contribution in [-0.2, 0) is 10.8 Å². The normalized spacial score (nSPS) is 22.8. The molecule has 5 atom stereocenters. The number of fused-ring (bicyclic) bond motifs is 7. The van der Waals surface area contributed by atoms with E-state index in [0.717, 1.165) is 34.8 Å². The second-order valence-corrected chi connectivity index (χ2v) is 22.8. The Morgan fingerprint density at radius 3 is 1.87 bits per heavy atom. The number of benzene rings is 10. The first-order chi connectivity index (χ1) is 34.8. The molecule has 0 aliphatic heterocycles. The Bertz CT molecular complexity index is 3770. The lowest BCUT2D eigenvalue weighted by atomic mass is 9.55. The van der Waals surface area contributed by atoms with Crippen LogP contribution in [-0.4, -0.2) is 0 Å². The zero-order chi connectivity index (χ0) is 47.1. The Hall–Kier alpha value is -7.48. The van der Waals surface area contributed by atoms with Crippen LogP contribution in [0.2, 0.25) is 0 Å². The smallest absolute Gasteiger partial charge is 0.0540 e. The fourth-order valence-corrected chi connectivity index (χ4v) is 15.7. The molecule has 5 unspecified atom stereocenters. The maximum Gasteiger partial charge on any atom is 0.0540 e. The Labute approximate surface area is 418 Å². The molecule has 0 N–H and O–H groups in total. The molecule has 3 bridgehead atoms. The molecule has 4 saturated carbocycles. The molecule has 0 radical (unpaired) electrons. The molecular formula is C70H57N. The monoisotopic (exact) mass is 911 g/mol. The van der Waals surface area contributed by atoms with E-state index in [1.54, 1.807) is 5.56 Å². The molecule has 71 heavy (non-hydrogen) atoms. The minimum Gasteiger partial charge on any atom is -0.309 e. The number of para-hydroxylation sites is 1. The predicted octanol–water partition coefficient (Wildman–Crippen LogP) is 18.9. The van der Waals surface area contributed by atoms with Crippen molar-refractivity contribution in [1.82, 2.24) is 0 Å². The van der Waals surface area contributed by atoms with Gasteiger partial charge in [-0.25, -0.2) is 0 Å². The minimum atomic E-state index is -0.156. The molecule has 0 amide bonds. The molecule has 0 saturated heterocycles. The van der Waals surface area contributed by atoms with Crippen LogP contribution in [0.25, 0.3) is 77.2 Å². The van der Waals surface area contributed by atoms with Gasteiger partial charge in [0.15, 0.2) is 0 Å². The van der Waals surface area contributed by atoms with E-state index in [1.807, 2.05) is 0 Å². The van der Waals surface area contributed by atoms with Gasteiger partial charge in [0.2, 0.25) is 0 Å². The molecule has 0 heterocycles. The van der Waals surface area contributed by atoms with Crippen molar-refractivity contribution in [3.05, 3.63) is 235 Å². The summed E-state index contributed by atoms with van der Waals surface area (Å²) >= 11 is 0. The molecule has 1 spiro atoms. The van der Waals surface area contributed by atoms with Gasteiger partial charge in [-0.3, -0.25) is 0 Å². The van der Waals surface area contributed by atoms with E-state index in [-0.39, 0.29) is 5.41 Å². The van der Waals surface area contributed by atoms with Gasteiger partial charge in [-0.05, 0) is 186 Å². The topological polar surface area (TPSA) is 3.24 Å². The third-order valence-electron chi connectivity index (χ3n) is 18.9. The lowest BCUT2D eigenvalue weighted by molar-refractivity contribution is -0.000160. The summed E-state index contributed by atoms with van der Waals surface area (Å²) in [5.74, 6) is 2.98. The van der Waals surface area contributed by atoms with Crippen molar-refractivity contribution < 1.29 is 0 Å². The average Bonchev–Trinajstić information content (AvgIpc) is 3.86. The fraction of sp³-hybridized carbons (Fsp3) is 0.200. The van der Waals surface area contributed by atoms with Crippen LogP contribution in [0.5, 0.6) is 0 Å². The molecular weight excluding hydrogens is 855 g/mol. The van der Waals surface area contributed by atoms with Gasteiger partial charge in [0.1, 0.15) is 0 Å². The summed E-state index contributed by atoms with van der Waals surface area (Å²) in [6.45, 7) is 4.77. The van der Waals surface area contributed by atoms with E-state index in [1.165, 1.54) is 127 Å². The highest BCUT2D eigenvalue weighted by Crippen LogP contribution is 2.79. The van der Waals surface area contributed by atoms with Crippen LogP contribution in [0.4, 0.5) is 17.1 Å². The molecule has 15 rings (SSSR count). The Morgan fingerprint density at radius 2 is 1.03 bits per heavy atom. The van der Waals surface area contributed by atoms with Crippen molar-refractivity contribution in [2.75, 3.05) is 4.90 Å². The van der Waals surface area contributed by atoms with E-state index in [9.17, 15) is 0 Å². The maximum absolute atomic E-state index is 2.55. The van der Waals surface area contributed by atoms with E-state index < -0.39 is 0 Å². The molecule has 5 aliphatic carbocycles. The van der Waals surface area contributed by atoms with Crippen LogP contribution in [0.3, 0.4) is 0 Å². The first-order valence-electron chi connectivity index (χ1n) is 26.3. The molecule has 1 heteroatoms. The fourth-order valence-electron chi connectivity index (χ4n) is 15.7. The van der Waals surface area contributed by atoms with Crippen LogP contribution < -0.4 is 4.90 Å².